The van der Waals surface area contributed by atoms with Crippen LogP contribution in [0.3, 0.4) is 0 Å². The summed E-state index contributed by atoms with van der Waals surface area (Å²) in [6.07, 6.45) is 0. The van der Waals surface area contributed by atoms with Crippen LogP contribution in [0.15, 0.2) is 68.6 Å². The van der Waals surface area contributed by atoms with E-state index >= 15 is 0 Å². The third-order valence-electron chi connectivity index (χ3n) is 3.99. The number of hydrogen-bond donors (Lipinski definition) is 3. The van der Waals surface area contributed by atoms with Crippen LogP contribution in [0, 0.1) is 10.4 Å². The van der Waals surface area contributed by atoms with E-state index in [1.165, 1.54) is 30.3 Å². The number of azo groups is 1. The van der Waals surface area contributed by atoms with E-state index in [0.29, 0.717) is 0 Å². The number of quaternary nitrogens is 1. The standard InChI is InChI=1S/C16H12N3O9S2/c20-16-14(30(26,27)28)8-9-7-12(29(23,24)25)5-6-13(9)15(16)18-17-10-1-3-11(4-2-10)19(21)22/h1-8,19-20H,(H,23,24,25)(H,26,27,28)/q-1/p+1. The summed E-state index contributed by atoms with van der Waals surface area (Å²) in [5.74, 6) is -0.695. The Balaban J connectivity index is 2.22. The van der Waals surface area contributed by atoms with Crippen LogP contribution in [0.2, 0.25) is 0 Å². The van der Waals surface area contributed by atoms with Gasteiger partial charge in [-0.3, -0.25) is 9.11 Å². The quantitative estimate of drug-likeness (QED) is 0.223. The molecule has 3 aromatic carbocycles. The Morgan fingerprint density at radius 1 is 0.867 bits per heavy atom. The summed E-state index contributed by atoms with van der Waals surface area (Å²) in [5.41, 5.74) is -0.239. The molecular weight excluding hydrogens is 442 g/mol. The maximum absolute atomic E-state index is 11.6. The maximum atomic E-state index is 11.6. The smallest absolute Gasteiger partial charge is 0.304 e. The van der Waals surface area contributed by atoms with Gasteiger partial charge in [0.25, 0.3) is 10.1 Å². The molecule has 0 aliphatic rings. The lowest BCUT2D eigenvalue weighted by molar-refractivity contribution is -0.715. The average molecular weight is 455 g/mol. The maximum Gasteiger partial charge on any atom is 0.304 e. The first-order valence-corrected chi connectivity index (χ1v) is 10.8. The van der Waals surface area contributed by atoms with Crippen molar-refractivity contribution in [3.63, 3.8) is 0 Å². The lowest BCUT2D eigenvalue weighted by Crippen LogP contribution is -2.96. The van der Waals surface area contributed by atoms with Crippen LogP contribution >= 0.6 is 0 Å². The van der Waals surface area contributed by atoms with Gasteiger partial charge in [0.1, 0.15) is 5.69 Å². The van der Waals surface area contributed by atoms with Gasteiger partial charge >= 0.3 is 15.9 Å². The Hall–Kier alpha value is -2.98. The molecular formula is C16H13N3O9S2. The second kappa shape index (κ2) is 7.69. The zero-order valence-electron chi connectivity index (χ0n) is 14.7. The summed E-state index contributed by atoms with van der Waals surface area (Å²) in [5, 5.41) is 36.0. The molecule has 0 aromatic heterocycles. The first-order chi connectivity index (χ1) is 13.9. The molecule has 0 spiro atoms. The van der Waals surface area contributed by atoms with E-state index < -0.39 is 41.0 Å². The monoisotopic (exact) mass is 455 g/mol. The Morgan fingerprint density at radius 2 is 1.50 bits per heavy atom. The summed E-state index contributed by atoms with van der Waals surface area (Å²) < 4.78 is 64.6. The summed E-state index contributed by atoms with van der Waals surface area (Å²) in [4.78, 5) is -1.38. The predicted octanol–water partition coefficient (Wildman–Crippen LogP) is 1.70. The minimum absolute atomic E-state index is 0.0463. The van der Waals surface area contributed by atoms with E-state index in [-0.39, 0.29) is 27.8 Å². The molecule has 0 radical (unpaired) electrons. The summed E-state index contributed by atoms with van der Waals surface area (Å²) in [7, 11) is -9.47. The molecule has 12 nitrogen and oxygen atoms in total. The van der Waals surface area contributed by atoms with Crippen LogP contribution in [0.4, 0.5) is 17.1 Å². The Kier molecular flexibility index (Phi) is 5.57. The van der Waals surface area contributed by atoms with E-state index in [4.69, 9.17) is 5.11 Å². The summed E-state index contributed by atoms with van der Waals surface area (Å²) >= 11 is 0. The number of benzene rings is 3. The third-order valence-corrected chi connectivity index (χ3v) is 5.72. The van der Waals surface area contributed by atoms with Crippen molar-refractivity contribution in [3.05, 3.63) is 58.9 Å². The number of fused-ring (bicyclic) bond motifs is 1. The van der Waals surface area contributed by atoms with Crippen molar-refractivity contribution in [1.29, 1.82) is 0 Å². The molecule has 0 aliphatic carbocycles. The van der Waals surface area contributed by atoms with Gasteiger partial charge < -0.3 is 20.7 Å². The molecule has 0 bridgehead atoms. The Labute approximate surface area is 169 Å². The van der Waals surface area contributed by atoms with E-state index in [1.54, 1.807) is 0 Å². The molecule has 0 unspecified atom stereocenters. The molecule has 14 heteroatoms. The van der Waals surface area contributed by atoms with Gasteiger partial charge in [0.15, 0.2) is 10.6 Å². The van der Waals surface area contributed by atoms with Gasteiger partial charge in [-0.1, -0.05) is 6.07 Å². The van der Waals surface area contributed by atoms with Crippen molar-refractivity contribution in [2.24, 2.45) is 10.2 Å². The highest BCUT2D eigenvalue weighted by atomic mass is 32.2. The molecule has 158 valence electrons. The average Bonchev–Trinajstić information content (AvgIpc) is 2.65. The highest BCUT2D eigenvalue weighted by molar-refractivity contribution is 7.86. The minimum Gasteiger partial charge on any atom is -0.628 e. The number of rotatable bonds is 5. The molecule has 5 N–H and O–H groups in total. The molecule has 30 heavy (non-hydrogen) atoms. The Bertz CT molecular complexity index is 1370. The van der Waals surface area contributed by atoms with Crippen molar-refractivity contribution >= 4 is 48.1 Å². The van der Waals surface area contributed by atoms with Gasteiger partial charge in [0, 0.05) is 17.5 Å². The SMILES string of the molecule is O=S(=O)(O)c1ccc2c(N=Nc3ccc([NH+]([O-])[O-])cc3)c([OH2+])c(S(=O)(=O)O)cc2c1. The van der Waals surface area contributed by atoms with E-state index in [1.807, 2.05) is 0 Å². The van der Waals surface area contributed by atoms with Gasteiger partial charge in [-0.2, -0.15) is 21.9 Å². The van der Waals surface area contributed by atoms with E-state index in [9.17, 15) is 36.4 Å². The zero-order valence-corrected chi connectivity index (χ0v) is 16.3. The first kappa shape index (κ1) is 21.7. The molecule has 0 aliphatic heterocycles. The molecule has 0 saturated heterocycles. The Morgan fingerprint density at radius 3 is 2.03 bits per heavy atom. The number of nitrogens with one attached hydrogen (secondary N) is 1. The lowest BCUT2D eigenvalue weighted by atomic mass is 10.1. The largest absolute Gasteiger partial charge is 0.628 e. The van der Waals surface area contributed by atoms with Crippen LogP contribution in [-0.4, -0.2) is 31.0 Å². The molecule has 0 heterocycles. The van der Waals surface area contributed by atoms with Crippen LogP contribution in [-0.2, 0) is 20.2 Å². The summed E-state index contributed by atoms with van der Waals surface area (Å²) in [6.45, 7) is 0. The van der Waals surface area contributed by atoms with Crippen molar-refractivity contribution in [2.75, 3.05) is 0 Å². The number of nitrogens with zero attached hydrogens (tertiary/aromatic N) is 2. The minimum atomic E-state index is -4.87. The molecule has 0 amide bonds. The molecule has 0 saturated carbocycles. The zero-order chi connectivity index (χ0) is 22.3. The van der Waals surface area contributed by atoms with Crippen LogP contribution in [0.25, 0.3) is 10.8 Å². The lowest BCUT2D eigenvalue weighted by Gasteiger charge is -2.24. The highest BCUT2D eigenvalue weighted by Gasteiger charge is 2.26. The molecule has 3 rings (SSSR count). The van der Waals surface area contributed by atoms with Gasteiger partial charge in [-0.05, 0) is 35.7 Å². The third kappa shape index (κ3) is 4.44. The van der Waals surface area contributed by atoms with Crippen molar-refractivity contribution < 1.29 is 36.3 Å². The fourth-order valence-corrected chi connectivity index (χ4v) is 3.73. The van der Waals surface area contributed by atoms with Crippen molar-refractivity contribution in [1.82, 2.24) is 0 Å². The number of hydrogen-bond acceptors (Lipinski definition) is 8. The van der Waals surface area contributed by atoms with E-state index in [2.05, 4.69) is 10.2 Å². The fourth-order valence-electron chi connectivity index (χ4n) is 2.58. The van der Waals surface area contributed by atoms with Crippen LogP contribution < -0.4 is 5.23 Å². The first-order valence-electron chi connectivity index (χ1n) is 7.88. The molecule has 0 fully saturated rings. The summed E-state index contributed by atoms with van der Waals surface area (Å²) in [6, 6.07) is 9.04. The topological polar surface area (TPSA) is 207 Å². The van der Waals surface area contributed by atoms with Crippen LogP contribution in [0.5, 0.6) is 5.75 Å². The fraction of sp³-hybridized carbons (Fsp3) is 0. The van der Waals surface area contributed by atoms with Crippen molar-refractivity contribution in [2.45, 2.75) is 9.79 Å². The highest BCUT2D eigenvalue weighted by Crippen LogP contribution is 2.41. The second-order valence-corrected chi connectivity index (χ2v) is 8.78. The van der Waals surface area contributed by atoms with Gasteiger partial charge in [-0.25, -0.2) is 0 Å². The predicted molar refractivity (Wildman–Crippen MR) is 105 cm³/mol. The normalized spacial score (nSPS) is 12.8. The van der Waals surface area contributed by atoms with Gasteiger partial charge in [-0.15, -0.1) is 5.11 Å². The van der Waals surface area contributed by atoms with Crippen LogP contribution in [0.1, 0.15) is 0 Å². The van der Waals surface area contributed by atoms with Crippen molar-refractivity contribution in [3.8, 4) is 5.75 Å². The second-order valence-electron chi connectivity index (χ2n) is 5.97. The molecule has 3 aromatic rings. The van der Waals surface area contributed by atoms with Gasteiger partial charge in [0.2, 0.25) is 0 Å². The molecule has 0 atom stereocenters. The van der Waals surface area contributed by atoms with Gasteiger partial charge in [0.05, 0.1) is 10.6 Å². The van der Waals surface area contributed by atoms with E-state index in [0.717, 1.165) is 18.2 Å².